The highest BCUT2D eigenvalue weighted by Gasteiger charge is 2.31. The largest absolute Gasteiger partial charge is 0.342 e. The Morgan fingerprint density at radius 1 is 0.871 bits per heavy atom. The van der Waals surface area contributed by atoms with Crippen molar-refractivity contribution in [2.75, 3.05) is 45.8 Å². The first-order chi connectivity index (χ1) is 15.1. The SMILES string of the molecule is O=C(CN1CCN(C(=O)c2nn(-c3ccc(F)cc3)c3c2CCC3)CC1)N1CCCC1. The maximum absolute atomic E-state index is 13.3. The second-order valence-electron chi connectivity index (χ2n) is 8.67. The monoisotopic (exact) mass is 425 g/mol. The predicted molar refractivity (Wildman–Crippen MR) is 114 cm³/mol. The number of amides is 2. The first-order valence-electron chi connectivity index (χ1n) is 11.3. The molecule has 0 radical (unpaired) electrons. The van der Waals surface area contributed by atoms with Gasteiger partial charge in [-0.15, -0.1) is 0 Å². The average Bonchev–Trinajstić information content (AvgIpc) is 3.53. The van der Waals surface area contributed by atoms with E-state index < -0.39 is 0 Å². The Morgan fingerprint density at radius 2 is 1.58 bits per heavy atom. The second-order valence-corrected chi connectivity index (χ2v) is 8.67. The number of hydrogen-bond donors (Lipinski definition) is 0. The molecule has 2 aliphatic heterocycles. The van der Waals surface area contributed by atoms with Gasteiger partial charge in [0.25, 0.3) is 5.91 Å². The molecule has 5 rings (SSSR count). The predicted octanol–water partition coefficient (Wildman–Crippen LogP) is 1.88. The molecule has 0 unspecified atom stereocenters. The van der Waals surface area contributed by atoms with E-state index in [2.05, 4.69) is 10.00 Å². The van der Waals surface area contributed by atoms with Gasteiger partial charge in [-0.05, 0) is 56.4 Å². The zero-order chi connectivity index (χ0) is 21.4. The van der Waals surface area contributed by atoms with Gasteiger partial charge < -0.3 is 9.80 Å². The van der Waals surface area contributed by atoms with Crippen LogP contribution in [-0.2, 0) is 17.6 Å². The molecule has 0 N–H and O–H groups in total. The molecular formula is C23H28FN5O2. The Kier molecular flexibility index (Phi) is 5.48. The maximum Gasteiger partial charge on any atom is 0.274 e. The molecule has 2 aromatic rings. The number of benzene rings is 1. The molecule has 31 heavy (non-hydrogen) atoms. The molecule has 8 heteroatoms. The van der Waals surface area contributed by atoms with E-state index in [0.29, 0.717) is 38.4 Å². The van der Waals surface area contributed by atoms with E-state index in [1.54, 1.807) is 16.8 Å². The van der Waals surface area contributed by atoms with Crippen LogP contribution < -0.4 is 0 Å². The van der Waals surface area contributed by atoms with Crippen molar-refractivity contribution in [1.29, 1.82) is 0 Å². The van der Waals surface area contributed by atoms with Crippen LogP contribution >= 0.6 is 0 Å². The Morgan fingerprint density at radius 3 is 2.29 bits per heavy atom. The molecule has 1 aromatic heterocycles. The summed E-state index contributed by atoms with van der Waals surface area (Å²) in [7, 11) is 0. The first kappa shape index (κ1) is 20.2. The molecule has 2 saturated heterocycles. The van der Waals surface area contributed by atoms with Crippen molar-refractivity contribution >= 4 is 11.8 Å². The Balaban J connectivity index is 1.26. The third-order valence-electron chi connectivity index (χ3n) is 6.68. The van der Waals surface area contributed by atoms with E-state index in [4.69, 9.17) is 0 Å². The van der Waals surface area contributed by atoms with Crippen LogP contribution in [0.25, 0.3) is 5.69 Å². The minimum atomic E-state index is -0.287. The van der Waals surface area contributed by atoms with E-state index in [0.717, 1.165) is 62.1 Å². The smallest absolute Gasteiger partial charge is 0.274 e. The van der Waals surface area contributed by atoms with Crippen LogP contribution in [0.3, 0.4) is 0 Å². The fourth-order valence-corrected chi connectivity index (χ4v) is 4.92. The minimum Gasteiger partial charge on any atom is -0.342 e. The molecule has 0 atom stereocenters. The number of hydrogen-bond acceptors (Lipinski definition) is 4. The molecule has 3 heterocycles. The van der Waals surface area contributed by atoms with Crippen molar-refractivity contribution in [1.82, 2.24) is 24.5 Å². The molecule has 2 fully saturated rings. The quantitative estimate of drug-likeness (QED) is 0.751. The van der Waals surface area contributed by atoms with Crippen molar-refractivity contribution in [3.8, 4) is 5.69 Å². The lowest BCUT2D eigenvalue weighted by atomic mass is 10.1. The highest BCUT2D eigenvalue weighted by molar-refractivity contribution is 5.94. The summed E-state index contributed by atoms with van der Waals surface area (Å²) in [6, 6.07) is 6.24. The van der Waals surface area contributed by atoms with Gasteiger partial charge in [-0.1, -0.05) is 0 Å². The number of fused-ring (bicyclic) bond motifs is 1. The van der Waals surface area contributed by atoms with Crippen molar-refractivity contribution in [2.24, 2.45) is 0 Å². The van der Waals surface area contributed by atoms with Gasteiger partial charge >= 0.3 is 0 Å². The zero-order valence-corrected chi connectivity index (χ0v) is 17.7. The number of nitrogens with zero attached hydrogens (tertiary/aromatic N) is 5. The Bertz CT molecular complexity index is 973. The normalized spacial score (nSPS) is 19.1. The molecule has 2 amide bonds. The van der Waals surface area contributed by atoms with Gasteiger partial charge in [0.15, 0.2) is 5.69 Å². The van der Waals surface area contributed by atoms with Gasteiger partial charge in [0.1, 0.15) is 5.82 Å². The van der Waals surface area contributed by atoms with Crippen molar-refractivity contribution in [3.05, 3.63) is 47.0 Å². The number of rotatable bonds is 4. The Hall–Kier alpha value is -2.74. The van der Waals surface area contributed by atoms with Crippen LogP contribution in [-0.4, -0.2) is 82.1 Å². The van der Waals surface area contributed by atoms with Crippen molar-refractivity contribution in [2.45, 2.75) is 32.1 Å². The summed E-state index contributed by atoms with van der Waals surface area (Å²) in [5, 5.41) is 4.66. The molecule has 1 aromatic carbocycles. The standard InChI is InChI=1S/C23H28FN5O2/c24-17-6-8-18(9-7-17)29-20-5-3-4-19(20)22(25-29)23(31)28-14-12-26(13-15-28)16-21(30)27-10-1-2-11-27/h6-9H,1-5,10-16H2. The number of carbonyl (C=O) groups is 2. The van der Waals surface area contributed by atoms with Crippen molar-refractivity contribution < 1.29 is 14.0 Å². The summed E-state index contributed by atoms with van der Waals surface area (Å²) in [5.41, 5.74) is 3.40. The summed E-state index contributed by atoms with van der Waals surface area (Å²) in [6.07, 6.45) is 4.92. The molecule has 7 nitrogen and oxygen atoms in total. The third-order valence-corrected chi connectivity index (χ3v) is 6.68. The van der Waals surface area contributed by atoms with Crippen LogP contribution in [0, 0.1) is 5.82 Å². The van der Waals surface area contributed by atoms with Crippen LogP contribution in [0.2, 0.25) is 0 Å². The number of carbonyl (C=O) groups excluding carboxylic acids is 2. The number of likely N-dealkylation sites (tertiary alicyclic amines) is 1. The van der Waals surface area contributed by atoms with Crippen LogP contribution in [0.4, 0.5) is 4.39 Å². The van der Waals surface area contributed by atoms with Gasteiger partial charge in [-0.3, -0.25) is 14.5 Å². The molecule has 164 valence electrons. The van der Waals surface area contributed by atoms with E-state index in [9.17, 15) is 14.0 Å². The van der Waals surface area contributed by atoms with Crippen molar-refractivity contribution in [3.63, 3.8) is 0 Å². The van der Waals surface area contributed by atoms with Gasteiger partial charge in [0.2, 0.25) is 5.91 Å². The van der Waals surface area contributed by atoms with E-state index in [-0.39, 0.29) is 17.6 Å². The lowest BCUT2D eigenvalue weighted by Crippen LogP contribution is -2.51. The number of piperazine rings is 1. The molecular weight excluding hydrogens is 397 g/mol. The lowest BCUT2D eigenvalue weighted by Gasteiger charge is -2.34. The maximum atomic E-state index is 13.3. The lowest BCUT2D eigenvalue weighted by molar-refractivity contribution is -0.131. The summed E-state index contributed by atoms with van der Waals surface area (Å²) in [6.45, 7) is 4.79. The molecule has 0 bridgehead atoms. The van der Waals surface area contributed by atoms with Gasteiger partial charge in [-0.2, -0.15) is 5.10 Å². The highest BCUT2D eigenvalue weighted by atomic mass is 19.1. The van der Waals surface area contributed by atoms with Gasteiger partial charge in [0, 0.05) is 50.5 Å². The fraction of sp³-hybridized carbons (Fsp3) is 0.522. The van der Waals surface area contributed by atoms with Crippen LogP contribution in [0.1, 0.15) is 41.0 Å². The molecule has 0 saturated carbocycles. The van der Waals surface area contributed by atoms with Crippen LogP contribution in [0.5, 0.6) is 0 Å². The van der Waals surface area contributed by atoms with Crippen LogP contribution in [0.15, 0.2) is 24.3 Å². The highest BCUT2D eigenvalue weighted by Crippen LogP contribution is 2.29. The zero-order valence-electron chi connectivity index (χ0n) is 17.7. The summed E-state index contributed by atoms with van der Waals surface area (Å²) in [5.74, 6) is -0.123. The molecule has 1 aliphatic carbocycles. The van der Waals surface area contributed by atoms with E-state index in [1.807, 2.05) is 9.80 Å². The molecule has 3 aliphatic rings. The fourth-order valence-electron chi connectivity index (χ4n) is 4.92. The van der Waals surface area contributed by atoms with E-state index in [1.165, 1.54) is 12.1 Å². The Labute approximate surface area is 181 Å². The van der Waals surface area contributed by atoms with Gasteiger partial charge in [0.05, 0.1) is 12.2 Å². The molecule has 0 spiro atoms. The first-order valence-corrected chi connectivity index (χ1v) is 11.3. The second kappa shape index (κ2) is 8.42. The summed E-state index contributed by atoms with van der Waals surface area (Å²) < 4.78 is 15.1. The average molecular weight is 426 g/mol. The summed E-state index contributed by atoms with van der Waals surface area (Å²) >= 11 is 0. The van der Waals surface area contributed by atoms with Gasteiger partial charge in [-0.25, -0.2) is 9.07 Å². The topological polar surface area (TPSA) is 61.7 Å². The van der Waals surface area contributed by atoms with E-state index >= 15 is 0 Å². The number of aromatic nitrogens is 2. The summed E-state index contributed by atoms with van der Waals surface area (Å²) in [4.78, 5) is 31.6. The third kappa shape index (κ3) is 3.96. The minimum absolute atomic E-state index is 0.0375. The number of halogens is 1.